The van der Waals surface area contributed by atoms with Gasteiger partial charge in [-0.05, 0) is 90.5 Å². The summed E-state index contributed by atoms with van der Waals surface area (Å²) in [5.41, 5.74) is 4.88. The van der Waals surface area contributed by atoms with E-state index in [1.807, 2.05) is 30.5 Å². The van der Waals surface area contributed by atoms with Crippen LogP contribution in [0.4, 0.5) is 8.78 Å². The number of aromatic nitrogens is 1. The summed E-state index contributed by atoms with van der Waals surface area (Å²) < 4.78 is 34.0. The third-order valence-corrected chi connectivity index (χ3v) is 7.27. The molecule has 37 heavy (non-hydrogen) atoms. The van der Waals surface area contributed by atoms with Crippen molar-refractivity contribution in [2.24, 2.45) is 0 Å². The maximum Gasteiger partial charge on any atom is 0.123 e. The highest BCUT2D eigenvalue weighted by atomic mass is 19.1. The van der Waals surface area contributed by atoms with E-state index in [9.17, 15) is 14.0 Å². The second-order valence-electron chi connectivity index (χ2n) is 9.55. The molecule has 2 heterocycles. The van der Waals surface area contributed by atoms with Gasteiger partial charge in [-0.2, -0.15) is 5.26 Å². The Hall–Kier alpha value is -3.79. The highest BCUT2D eigenvalue weighted by Gasteiger charge is 2.41. The Labute approximate surface area is 215 Å². The molecule has 0 amide bonds. The molecule has 1 aliphatic heterocycles. The number of hydrogen-bond acceptors (Lipinski definition) is 3. The van der Waals surface area contributed by atoms with Crippen LogP contribution in [-0.2, 0) is 23.4 Å². The lowest BCUT2D eigenvalue weighted by Crippen LogP contribution is -2.31. The van der Waals surface area contributed by atoms with Crippen molar-refractivity contribution in [2.75, 3.05) is 19.6 Å². The van der Waals surface area contributed by atoms with Crippen molar-refractivity contribution in [3.05, 3.63) is 119 Å². The lowest BCUT2D eigenvalue weighted by molar-refractivity contribution is -0.0144. The Balaban J connectivity index is 1.32. The molecule has 1 aliphatic rings. The van der Waals surface area contributed by atoms with Crippen molar-refractivity contribution in [3.63, 3.8) is 0 Å². The summed E-state index contributed by atoms with van der Waals surface area (Å²) in [7, 11) is 0. The number of nitrogens with zero attached hydrogens (tertiary/aromatic N) is 2. The van der Waals surface area contributed by atoms with Crippen molar-refractivity contribution in [1.82, 2.24) is 9.88 Å². The highest BCUT2D eigenvalue weighted by molar-refractivity contribution is 5.83. The molecule has 0 radical (unpaired) electrons. The van der Waals surface area contributed by atoms with Gasteiger partial charge in [-0.3, -0.25) is 4.90 Å². The molecule has 4 aromatic rings. The van der Waals surface area contributed by atoms with Crippen molar-refractivity contribution >= 4 is 10.9 Å². The molecule has 0 aliphatic carbocycles. The first-order valence-corrected chi connectivity index (χ1v) is 12.5. The zero-order chi connectivity index (χ0) is 25.8. The molecule has 1 aromatic heterocycles. The van der Waals surface area contributed by atoms with E-state index in [-0.39, 0.29) is 11.6 Å². The minimum Gasteiger partial charge on any atom is -0.361 e. The molecular formula is C31H29F2N3O. The SMILES string of the molecule is C=CCN(CCCC1(c2ccc(F)cc2)OCc2cc(C#N)ccc21)CCc1c[nH]c2ccc(F)cc12. The van der Waals surface area contributed by atoms with E-state index >= 15 is 0 Å². The van der Waals surface area contributed by atoms with E-state index < -0.39 is 5.60 Å². The molecular weight excluding hydrogens is 468 g/mol. The molecule has 6 heteroatoms. The van der Waals surface area contributed by atoms with Crippen LogP contribution in [0.1, 0.15) is 40.7 Å². The number of rotatable bonds is 10. The number of aromatic amines is 1. The van der Waals surface area contributed by atoms with E-state index in [0.717, 1.165) is 65.6 Å². The van der Waals surface area contributed by atoms with Gasteiger partial charge in [-0.25, -0.2) is 8.78 Å². The number of halogens is 2. The fraction of sp³-hybridized carbons (Fsp3) is 0.258. The van der Waals surface area contributed by atoms with Gasteiger partial charge < -0.3 is 9.72 Å². The lowest BCUT2D eigenvalue weighted by Gasteiger charge is -2.32. The lowest BCUT2D eigenvalue weighted by atomic mass is 9.81. The predicted molar refractivity (Wildman–Crippen MR) is 141 cm³/mol. The molecule has 0 saturated heterocycles. The average molecular weight is 498 g/mol. The van der Waals surface area contributed by atoms with Gasteiger partial charge in [0.1, 0.15) is 17.2 Å². The van der Waals surface area contributed by atoms with E-state index in [0.29, 0.717) is 18.6 Å². The zero-order valence-electron chi connectivity index (χ0n) is 20.6. The molecule has 3 aromatic carbocycles. The molecule has 1 unspecified atom stereocenters. The Kier molecular flexibility index (Phi) is 7.18. The third kappa shape index (κ3) is 5.06. The average Bonchev–Trinajstić information content (AvgIpc) is 3.48. The van der Waals surface area contributed by atoms with Gasteiger partial charge in [-0.1, -0.05) is 24.3 Å². The summed E-state index contributed by atoms with van der Waals surface area (Å²) in [6, 6.07) is 19.2. The van der Waals surface area contributed by atoms with Crippen molar-refractivity contribution < 1.29 is 13.5 Å². The van der Waals surface area contributed by atoms with Crippen LogP contribution in [0.3, 0.4) is 0 Å². The normalized spacial score (nSPS) is 16.7. The maximum atomic E-state index is 13.8. The first-order valence-electron chi connectivity index (χ1n) is 12.5. The highest BCUT2D eigenvalue weighted by Crippen LogP contribution is 2.45. The van der Waals surface area contributed by atoms with Crippen LogP contribution in [0, 0.1) is 23.0 Å². The van der Waals surface area contributed by atoms with Crippen LogP contribution >= 0.6 is 0 Å². The fourth-order valence-electron chi connectivity index (χ4n) is 5.43. The smallest absolute Gasteiger partial charge is 0.123 e. The van der Waals surface area contributed by atoms with Gasteiger partial charge in [0.2, 0.25) is 0 Å². The van der Waals surface area contributed by atoms with Gasteiger partial charge in [-0.15, -0.1) is 6.58 Å². The number of benzene rings is 3. The van der Waals surface area contributed by atoms with Crippen molar-refractivity contribution in [2.45, 2.75) is 31.5 Å². The zero-order valence-corrected chi connectivity index (χ0v) is 20.6. The molecule has 0 spiro atoms. The largest absolute Gasteiger partial charge is 0.361 e. The Morgan fingerprint density at radius 3 is 2.65 bits per heavy atom. The van der Waals surface area contributed by atoms with Crippen molar-refractivity contribution in [1.29, 1.82) is 5.26 Å². The monoisotopic (exact) mass is 497 g/mol. The quantitative estimate of drug-likeness (QED) is 0.251. The van der Waals surface area contributed by atoms with Gasteiger partial charge in [0.05, 0.1) is 18.2 Å². The van der Waals surface area contributed by atoms with E-state index in [2.05, 4.69) is 22.5 Å². The van der Waals surface area contributed by atoms with E-state index in [1.165, 1.54) is 18.2 Å². The number of fused-ring (bicyclic) bond motifs is 2. The summed E-state index contributed by atoms with van der Waals surface area (Å²) in [5.74, 6) is -0.521. The Morgan fingerprint density at radius 2 is 1.86 bits per heavy atom. The third-order valence-electron chi connectivity index (χ3n) is 7.27. The molecule has 1 atom stereocenters. The number of ether oxygens (including phenoxy) is 1. The number of nitriles is 1. The van der Waals surface area contributed by atoms with Gasteiger partial charge in [0, 0.05) is 30.2 Å². The summed E-state index contributed by atoms with van der Waals surface area (Å²) in [6.45, 7) is 6.70. The van der Waals surface area contributed by atoms with Gasteiger partial charge in [0.15, 0.2) is 0 Å². The van der Waals surface area contributed by atoms with Crippen LogP contribution in [0.5, 0.6) is 0 Å². The summed E-state index contributed by atoms with van der Waals surface area (Å²) in [4.78, 5) is 5.56. The molecule has 4 nitrogen and oxygen atoms in total. The summed E-state index contributed by atoms with van der Waals surface area (Å²) >= 11 is 0. The van der Waals surface area contributed by atoms with Crippen molar-refractivity contribution in [3.8, 4) is 6.07 Å². The first-order chi connectivity index (χ1) is 18.0. The predicted octanol–water partition coefficient (Wildman–Crippen LogP) is 6.60. The number of hydrogen-bond donors (Lipinski definition) is 1. The van der Waals surface area contributed by atoms with Crippen LogP contribution in [0.25, 0.3) is 10.9 Å². The second-order valence-corrected chi connectivity index (χ2v) is 9.55. The van der Waals surface area contributed by atoms with Crippen LogP contribution in [0.2, 0.25) is 0 Å². The topological polar surface area (TPSA) is 52.0 Å². The Bertz CT molecular complexity index is 1450. The molecule has 0 saturated carbocycles. The molecule has 0 bridgehead atoms. The maximum absolute atomic E-state index is 13.8. The minimum absolute atomic E-state index is 0.235. The van der Waals surface area contributed by atoms with Crippen LogP contribution in [0.15, 0.2) is 79.5 Å². The van der Waals surface area contributed by atoms with Crippen LogP contribution < -0.4 is 0 Å². The van der Waals surface area contributed by atoms with E-state index in [1.54, 1.807) is 24.3 Å². The molecule has 188 valence electrons. The second kappa shape index (κ2) is 10.7. The van der Waals surface area contributed by atoms with E-state index in [4.69, 9.17) is 4.74 Å². The van der Waals surface area contributed by atoms with Gasteiger partial charge in [0.25, 0.3) is 0 Å². The first kappa shape index (κ1) is 24.9. The standard InChI is InChI=1S/C31H29F2N3O/c1-2-14-36(16-12-23-20-35-30-11-9-27(33)18-28(23)30)15-3-13-31(25-5-7-26(32)8-6-25)29-10-4-22(19-34)17-24(29)21-37-31/h2,4-11,17-18,20,35H,1,3,12-16,21H2. The summed E-state index contributed by atoms with van der Waals surface area (Å²) in [6.07, 6.45) is 6.20. The minimum atomic E-state index is -0.689. The number of nitrogens with one attached hydrogen (secondary N) is 1. The molecule has 0 fully saturated rings. The fourth-order valence-corrected chi connectivity index (χ4v) is 5.43. The molecule has 5 rings (SSSR count). The Morgan fingerprint density at radius 1 is 1.05 bits per heavy atom. The van der Waals surface area contributed by atoms with Gasteiger partial charge >= 0.3 is 0 Å². The molecule has 1 N–H and O–H groups in total. The van der Waals surface area contributed by atoms with Crippen LogP contribution in [-0.4, -0.2) is 29.5 Å². The number of H-pyrrole nitrogens is 1. The summed E-state index contributed by atoms with van der Waals surface area (Å²) in [5, 5.41) is 10.2.